The molecule has 0 unspecified atom stereocenters. The van der Waals surface area contributed by atoms with Gasteiger partial charge in [-0.25, -0.2) is 4.79 Å². The van der Waals surface area contributed by atoms with Crippen LogP contribution in [-0.4, -0.2) is 36.5 Å². The average molecular weight is 355 g/mol. The number of amides is 1. The fraction of sp³-hybridized carbons (Fsp3) is 0.450. The lowest BCUT2D eigenvalue weighted by molar-refractivity contribution is -0.112. The minimum Gasteiger partial charge on any atom is -0.462 e. The Morgan fingerprint density at radius 2 is 2.00 bits per heavy atom. The van der Waals surface area contributed by atoms with Gasteiger partial charge in [0.1, 0.15) is 11.6 Å². The van der Waals surface area contributed by atoms with Gasteiger partial charge in [0, 0.05) is 19.3 Å². The van der Waals surface area contributed by atoms with E-state index in [1.54, 1.807) is 30.5 Å². The number of esters is 1. The number of carbonyl (C=O) groups excluding carboxylic acids is 2. The highest BCUT2D eigenvalue weighted by molar-refractivity contribution is 6.09. The quantitative estimate of drug-likeness (QED) is 0.350. The van der Waals surface area contributed by atoms with Crippen molar-refractivity contribution in [2.45, 2.75) is 39.0 Å². The molecule has 138 valence electrons. The first-order valence-corrected chi connectivity index (χ1v) is 9.09. The van der Waals surface area contributed by atoms with Crippen LogP contribution in [-0.2, 0) is 9.53 Å². The van der Waals surface area contributed by atoms with Crippen LogP contribution in [0.3, 0.4) is 0 Å². The smallest absolute Gasteiger partial charge is 0.340 e. The fourth-order valence-electron chi connectivity index (χ4n) is 2.72. The Hall–Kier alpha value is -2.81. The largest absolute Gasteiger partial charge is 0.462 e. The summed E-state index contributed by atoms with van der Waals surface area (Å²) in [4.78, 5) is 26.7. The molecule has 1 aliphatic rings. The van der Waals surface area contributed by atoms with Gasteiger partial charge in [-0.1, -0.05) is 25.5 Å². The van der Waals surface area contributed by atoms with Crippen molar-refractivity contribution in [1.82, 2.24) is 4.90 Å². The molecule has 1 amide bonds. The number of ether oxygens (including phenoxy) is 1. The molecule has 1 aliphatic heterocycles. The van der Waals surface area contributed by atoms with Crippen LogP contribution in [0, 0.1) is 11.3 Å². The molecule has 1 saturated heterocycles. The van der Waals surface area contributed by atoms with Gasteiger partial charge in [0.15, 0.2) is 0 Å². The van der Waals surface area contributed by atoms with Crippen molar-refractivity contribution in [3.63, 3.8) is 0 Å². The summed E-state index contributed by atoms with van der Waals surface area (Å²) in [6.07, 6.45) is 6.62. The third-order valence-electron chi connectivity index (χ3n) is 4.19. The minimum absolute atomic E-state index is 0.0288. The number of anilines is 1. The molecule has 1 fully saturated rings. The average Bonchev–Trinajstić information content (AvgIpc) is 2.67. The van der Waals surface area contributed by atoms with E-state index >= 15 is 0 Å². The monoisotopic (exact) mass is 355 g/mol. The van der Waals surface area contributed by atoms with Gasteiger partial charge < -0.3 is 15.0 Å². The molecule has 0 spiro atoms. The zero-order chi connectivity index (χ0) is 18.8. The van der Waals surface area contributed by atoms with Crippen molar-refractivity contribution >= 4 is 17.6 Å². The number of rotatable bonds is 7. The zero-order valence-electron chi connectivity index (χ0n) is 15.2. The molecule has 0 atom stereocenters. The number of nitrogens with zero attached hydrogens (tertiary/aromatic N) is 2. The molecule has 2 rings (SSSR count). The maximum Gasteiger partial charge on any atom is 0.340 e. The Kier molecular flexibility index (Phi) is 7.69. The summed E-state index contributed by atoms with van der Waals surface area (Å²) < 4.78 is 5.22. The van der Waals surface area contributed by atoms with Crippen LogP contribution in [0.2, 0.25) is 0 Å². The van der Waals surface area contributed by atoms with Gasteiger partial charge in [-0.2, -0.15) is 5.26 Å². The molecular weight excluding hydrogens is 330 g/mol. The molecule has 0 aromatic heterocycles. The van der Waals surface area contributed by atoms with Crippen molar-refractivity contribution in [2.24, 2.45) is 0 Å². The van der Waals surface area contributed by atoms with Gasteiger partial charge in [0.2, 0.25) is 0 Å². The summed E-state index contributed by atoms with van der Waals surface area (Å²) >= 11 is 0. The highest BCUT2D eigenvalue weighted by Gasteiger charge is 2.17. The molecule has 1 N–H and O–H groups in total. The highest BCUT2D eigenvalue weighted by atomic mass is 16.5. The van der Waals surface area contributed by atoms with Gasteiger partial charge in [-0.05, 0) is 37.8 Å². The first-order chi connectivity index (χ1) is 12.7. The highest BCUT2D eigenvalue weighted by Crippen LogP contribution is 2.18. The van der Waals surface area contributed by atoms with Gasteiger partial charge >= 0.3 is 5.97 Å². The van der Waals surface area contributed by atoms with Crippen LogP contribution >= 0.6 is 0 Å². The normalized spacial score (nSPS) is 14.5. The number of hydrogen-bond acceptors (Lipinski definition) is 5. The lowest BCUT2D eigenvalue weighted by Crippen LogP contribution is -2.26. The van der Waals surface area contributed by atoms with E-state index in [4.69, 9.17) is 4.74 Å². The molecule has 1 aromatic carbocycles. The minimum atomic E-state index is -0.521. The van der Waals surface area contributed by atoms with Crippen molar-refractivity contribution in [2.75, 3.05) is 25.0 Å². The maximum absolute atomic E-state index is 12.5. The molecule has 0 saturated carbocycles. The number of hydrogen-bond donors (Lipinski definition) is 1. The van der Waals surface area contributed by atoms with Crippen molar-refractivity contribution in [3.8, 4) is 6.07 Å². The lowest BCUT2D eigenvalue weighted by Gasteiger charge is -2.25. The van der Waals surface area contributed by atoms with E-state index in [0.29, 0.717) is 12.3 Å². The van der Waals surface area contributed by atoms with Gasteiger partial charge in [-0.3, -0.25) is 4.79 Å². The number of likely N-dealkylation sites (tertiary alicyclic amines) is 1. The summed E-state index contributed by atoms with van der Waals surface area (Å²) in [6, 6.07) is 8.61. The van der Waals surface area contributed by atoms with E-state index in [2.05, 4.69) is 5.32 Å². The van der Waals surface area contributed by atoms with Gasteiger partial charge in [0.05, 0.1) is 17.9 Å². The Balaban J connectivity index is 2.09. The number of unbranched alkanes of at least 4 members (excludes halogenated alkanes) is 1. The fourth-order valence-corrected chi connectivity index (χ4v) is 2.72. The second kappa shape index (κ2) is 10.2. The molecule has 0 bridgehead atoms. The van der Waals surface area contributed by atoms with E-state index in [0.717, 1.165) is 38.8 Å². The summed E-state index contributed by atoms with van der Waals surface area (Å²) in [5.74, 6) is -1.00. The predicted octanol–water partition coefficient (Wildman–Crippen LogP) is 3.48. The Morgan fingerprint density at radius 3 is 2.69 bits per heavy atom. The van der Waals surface area contributed by atoms with Crippen LogP contribution in [0.4, 0.5) is 5.69 Å². The third-order valence-corrected chi connectivity index (χ3v) is 4.19. The second-order valence-electron chi connectivity index (χ2n) is 6.24. The Bertz CT molecular complexity index is 700. The van der Waals surface area contributed by atoms with Gasteiger partial charge in [-0.15, -0.1) is 0 Å². The molecule has 0 radical (unpaired) electrons. The molecule has 1 heterocycles. The number of nitrogens with one attached hydrogen (secondary N) is 1. The first-order valence-electron chi connectivity index (χ1n) is 9.09. The summed E-state index contributed by atoms with van der Waals surface area (Å²) in [5, 5.41) is 12.0. The molecule has 26 heavy (non-hydrogen) atoms. The second-order valence-corrected chi connectivity index (χ2v) is 6.24. The Labute approximate surface area is 154 Å². The standard InChI is InChI=1S/C20H25N3O3/c1-2-3-13-26-20(25)17-9-5-6-10-18(17)22-19(24)16(14-21)15-23-11-7-4-8-12-23/h5-6,9-10,15H,2-4,7-8,11-13H2,1H3,(H,22,24)/b16-15-. The molecule has 6 heteroatoms. The summed E-state index contributed by atoms with van der Waals surface area (Å²) in [7, 11) is 0. The van der Waals surface area contributed by atoms with Gasteiger partial charge in [0.25, 0.3) is 5.91 Å². The SMILES string of the molecule is CCCCOC(=O)c1ccccc1NC(=O)/C(C#N)=C\N1CCCCC1. The lowest BCUT2D eigenvalue weighted by atomic mass is 10.1. The number of benzene rings is 1. The van der Waals surface area contributed by atoms with E-state index in [1.807, 2.05) is 17.9 Å². The number of nitriles is 1. The van der Waals surface area contributed by atoms with Crippen LogP contribution < -0.4 is 5.32 Å². The third kappa shape index (κ3) is 5.62. The molecular formula is C20H25N3O3. The van der Waals surface area contributed by atoms with Crippen LogP contribution in [0.25, 0.3) is 0 Å². The molecule has 0 aliphatic carbocycles. The van der Waals surface area contributed by atoms with E-state index in [1.165, 1.54) is 6.42 Å². The number of piperidine rings is 1. The van der Waals surface area contributed by atoms with E-state index < -0.39 is 11.9 Å². The predicted molar refractivity (Wildman–Crippen MR) is 99.4 cm³/mol. The molecule has 6 nitrogen and oxygen atoms in total. The first kappa shape index (κ1) is 19.5. The maximum atomic E-state index is 12.5. The summed E-state index contributed by atoms with van der Waals surface area (Å²) in [5.41, 5.74) is 0.659. The topological polar surface area (TPSA) is 82.4 Å². The Morgan fingerprint density at radius 1 is 1.27 bits per heavy atom. The van der Waals surface area contributed by atoms with Crippen molar-refractivity contribution in [3.05, 3.63) is 41.6 Å². The van der Waals surface area contributed by atoms with E-state index in [9.17, 15) is 14.9 Å². The molecule has 1 aromatic rings. The van der Waals surface area contributed by atoms with Crippen LogP contribution in [0.15, 0.2) is 36.0 Å². The number of carbonyl (C=O) groups is 2. The van der Waals surface area contributed by atoms with Crippen molar-refractivity contribution < 1.29 is 14.3 Å². The van der Waals surface area contributed by atoms with Crippen molar-refractivity contribution in [1.29, 1.82) is 5.26 Å². The number of para-hydroxylation sites is 1. The zero-order valence-corrected chi connectivity index (χ0v) is 15.2. The van der Waals surface area contributed by atoms with Crippen LogP contribution in [0.5, 0.6) is 0 Å². The van der Waals surface area contributed by atoms with E-state index in [-0.39, 0.29) is 11.1 Å². The summed E-state index contributed by atoms with van der Waals surface area (Å²) in [6.45, 7) is 4.05. The van der Waals surface area contributed by atoms with Crippen LogP contribution in [0.1, 0.15) is 49.4 Å².